The van der Waals surface area contributed by atoms with Crippen LogP contribution in [0.3, 0.4) is 0 Å². The van der Waals surface area contributed by atoms with Crippen LogP contribution in [0.5, 0.6) is 11.5 Å². The van der Waals surface area contributed by atoms with Crippen molar-refractivity contribution >= 4 is 29.2 Å². The van der Waals surface area contributed by atoms with E-state index in [9.17, 15) is 19.5 Å². The average molecular weight is 460 g/mol. The van der Waals surface area contributed by atoms with E-state index in [4.69, 9.17) is 9.47 Å². The molecule has 1 saturated heterocycles. The minimum atomic E-state index is -0.523. The van der Waals surface area contributed by atoms with E-state index >= 15 is 0 Å². The van der Waals surface area contributed by atoms with Crippen LogP contribution in [0, 0.1) is 5.92 Å². The van der Waals surface area contributed by atoms with Crippen molar-refractivity contribution in [2.75, 3.05) is 31.0 Å². The number of anilines is 2. The standard InChI is InChI=1S/C26H24N2O6/c1-33-23-12-9-20(28-15-19(13-24(28)30)26(32)34-2)14-22(23)27-25(31)18-5-3-16(4-6-18)17-7-10-21(29)11-8-17/h3-12,14,19,29H,13,15H2,1-2H3,(H,27,31). The highest BCUT2D eigenvalue weighted by molar-refractivity contribution is 6.06. The Balaban J connectivity index is 1.52. The normalized spacial score (nSPS) is 15.2. The smallest absolute Gasteiger partial charge is 0.311 e. The number of esters is 1. The van der Waals surface area contributed by atoms with Crippen molar-refractivity contribution in [1.29, 1.82) is 0 Å². The SMILES string of the molecule is COC(=O)C1CC(=O)N(c2ccc(OC)c(NC(=O)c3ccc(-c4ccc(O)cc4)cc3)c2)C1. The highest BCUT2D eigenvalue weighted by Gasteiger charge is 2.36. The predicted octanol–water partition coefficient (Wildman–Crippen LogP) is 3.85. The maximum Gasteiger partial charge on any atom is 0.311 e. The molecule has 8 nitrogen and oxygen atoms in total. The van der Waals surface area contributed by atoms with E-state index in [1.807, 2.05) is 12.1 Å². The lowest BCUT2D eigenvalue weighted by Crippen LogP contribution is -2.26. The number of phenols is 1. The van der Waals surface area contributed by atoms with Gasteiger partial charge in [-0.2, -0.15) is 0 Å². The van der Waals surface area contributed by atoms with Crippen molar-refractivity contribution < 1.29 is 29.0 Å². The summed E-state index contributed by atoms with van der Waals surface area (Å²) in [4.78, 5) is 38.7. The molecule has 1 unspecified atom stereocenters. The summed E-state index contributed by atoms with van der Waals surface area (Å²) in [6.07, 6.45) is 0.0772. The number of nitrogens with zero attached hydrogens (tertiary/aromatic N) is 1. The first-order chi connectivity index (χ1) is 16.4. The van der Waals surface area contributed by atoms with Crippen molar-refractivity contribution in [2.45, 2.75) is 6.42 Å². The largest absolute Gasteiger partial charge is 0.508 e. The summed E-state index contributed by atoms with van der Waals surface area (Å²) in [6, 6.07) is 18.9. The van der Waals surface area contributed by atoms with E-state index in [0.717, 1.165) is 11.1 Å². The van der Waals surface area contributed by atoms with Gasteiger partial charge in [0, 0.05) is 24.2 Å². The van der Waals surface area contributed by atoms with E-state index in [2.05, 4.69) is 5.32 Å². The molecule has 0 aliphatic carbocycles. The molecule has 1 aliphatic rings. The lowest BCUT2D eigenvalue weighted by atomic mass is 10.0. The van der Waals surface area contributed by atoms with Gasteiger partial charge in [0.15, 0.2) is 0 Å². The number of ether oxygens (including phenoxy) is 2. The molecular formula is C26H24N2O6. The Kier molecular flexibility index (Phi) is 6.49. The maximum absolute atomic E-state index is 12.9. The minimum Gasteiger partial charge on any atom is -0.508 e. The summed E-state index contributed by atoms with van der Waals surface area (Å²) in [5.41, 5.74) is 3.22. The number of methoxy groups -OCH3 is 2. The van der Waals surface area contributed by atoms with Gasteiger partial charge >= 0.3 is 5.97 Å². The molecule has 4 rings (SSSR count). The van der Waals surface area contributed by atoms with Crippen LogP contribution in [0.25, 0.3) is 11.1 Å². The highest BCUT2D eigenvalue weighted by Crippen LogP contribution is 2.33. The molecule has 1 fully saturated rings. The Labute approximate surface area is 196 Å². The quantitative estimate of drug-likeness (QED) is 0.542. The number of aromatic hydroxyl groups is 1. The Hall–Kier alpha value is -4.33. The van der Waals surface area contributed by atoms with Crippen molar-refractivity contribution in [3.63, 3.8) is 0 Å². The Morgan fingerprint density at radius 3 is 2.24 bits per heavy atom. The molecule has 0 spiro atoms. The van der Waals surface area contributed by atoms with E-state index in [1.54, 1.807) is 54.6 Å². The molecule has 3 aromatic rings. The molecule has 1 atom stereocenters. The number of rotatable bonds is 6. The second-order valence-electron chi connectivity index (χ2n) is 7.89. The van der Waals surface area contributed by atoms with Crippen LogP contribution in [0.2, 0.25) is 0 Å². The molecule has 2 amide bonds. The second-order valence-corrected chi connectivity index (χ2v) is 7.89. The van der Waals surface area contributed by atoms with Crippen molar-refractivity contribution in [3.05, 3.63) is 72.3 Å². The molecule has 0 bridgehead atoms. The molecule has 1 heterocycles. The number of hydrogen-bond donors (Lipinski definition) is 2. The summed E-state index contributed by atoms with van der Waals surface area (Å²) < 4.78 is 10.1. The fourth-order valence-corrected chi connectivity index (χ4v) is 3.91. The van der Waals surface area contributed by atoms with Gasteiger partial charge in [-0.1, -0.05) is 24.3 Å². The van der Waals surface area contributed by atoms with Crippen LogP contribution in [-0.2, 0) is 14.3 Å². The first-order valence-electron chi connectivity index (χ1n) is 10.7. The number of nitrogens with one attached hydrogen (secondary N) is 1. The molecule has 2 N–H and O–H groups in total. The monoisotopic (exact) mass is 460 g/mol. The number of carbonyl (C=O) groups is 3. The molecule has 34 heavy (non-hydrogen) atoms. The third kappa shape index (κ3) is 4.71. The van der Waals surface area contributed by atoms with Crippen LogP contribution < -0.4 is 15.0 Å². The van der Waals surface area contributed by atoms with Crippen LogP contribution in [0.15, 0.2) is 66.7 Å². The van der Waals surface area contributed by atoms with Crippen molar-refractivity contribution in [3.8, 4) is 22.6 Å². The van der Waals surface area contributed by atoms with Gasteiger partial charge in [-0.25, -0.2) is 0 Å². The molecular weight excluding hydrogens is 436 g/mol. The van der Waals surface area contributed by atoms with Gasteiger partial charge in [0.25, 0.3) is 5.91 Å². The van der Waals surface area contributed by atoms with Crippen LogP contribution in [0.1, 0.15) is 16.8 Å². The van der Waals surface area contributed by atoms with Crippen LogP contribution in [-0.4, -0.2) is 43.7 Å². The molecule has 0 saturated carbocycles. The van der Waals surface area contributed by atoms with E-state index in [1.165, 1.54) is 19.1 Å². The summed E-state index contributed by atoms with van der Waals surface area (Å²) in [5, 5.41) is 12.3. The number of amides is 2. The van der Waals surface area contributed by atoms with Gasteiger partial charge in [-0.05, 0) is 53.6 Å². The third-order valence-corrected chi connectivity index (χ3v) is 5.75. The van der Waals surface area contributed by atoms with Gasteiger partial charge in [0.2, 0.25) is 5.91 Å². The minimum absolute atomic E-state index is 0.0772. The summed E-state index contributed by atoms with van der Waals surface area (Å²) >= 11 is 0. The Bertz CT molecular complexity index is 1220. The summed E-state index contributed by atoms with van der Waals surface area (Å²) in [7, 11) is 2.79. The van der Waals surface area contributed by atoms with Gasteiger partial charge in [0.05, 0.1) is 25.8 Å². The summed E-state index contributed by atoms with van der Waals surface area (Å²) in [5.74, 6) is -0.852. The number of hydrogen-bond acceptors (Lipinski definition) is 6. The fourth-order valence-electron chi connectivity index (χ4n) is 3.91. The molecule has 1 aliphatic heterocycles. The number of phenolic OH excluding ortho intramolecular Hbond substituents is 1. The van der Waals surface area contributed by atoms with Gasteiger partial charge in [-0.15, -0.1) is 0 Å². The third-order valence-electron chi connectivity index (χ3n) is 5.75. The Morgan fingerprint density at radius 1 is 0.971 bits per heavy atom. The van der Waals surface area contributed by atoms with E-state index < -0.39 is 11.9 Å². The molecule has 174 valence electrons. The predicted molar refractivity (Wildman–Crippen MR) is 127 cm³/mol. The first kappa shape index (κ1) is 22.8. The zero-order valence-corrected chi connectivity index (χ0v) is 18.8. The average Bonchev–Trinajstić information content (AvgIpc) is 3.25. The van der Waals surface area contributed by atoms with Crippen LogP contribution >= 0.6 is 0 Å². The lowest BCUT2D eigenvalue weighted by molar-refractivity contribution is -0.145. The van der Waals surface area contributed by atoms with Crippen molar-refractivity contribution in [2.24, 2.45) is 5.92 Å². The van der Waals surface area contributed by atoms with Gasteiger partial charge in [-0.3, -0.25) is 14.4 Å². The zero-order chi connectivity index (χ0) is 24.2. The zero-order valence-electron chi connectivity index (χ0n) is 18.8. The first-order valence-corrected chi connectivity index (χ1v) is 10.7. The fraction of sp³-hybridized carbons (Fsp3) is 0.192. The summed E-state index contributed by atoms with van der Waals surface area (Å²) in [6.45, 7) is 0.212. The lowest BCUT2D eigenvalue weighted by Gasteiger charge is -2.19. The van der Waals surface area contributed by atoms with E-state index in [0.29, 0.717) is 22.7 Å². The second kappa shape index (κ2) is 9.66. The van der Waals surface area contributed by atoms with Gasteiger partial charge in [0.1, 0.15) is 11.5 Å². The van der Waals surface area contributed by atoms with E-state index in [-0.39, 0.29) is 30.5 Å². The van der Waals surface area contributed by atoms with Crippen molar-refractivity contribution in [1.82, 2.24) is 0 Å². The maximum atomic E-state index is 12.9. The molecule has 0 aromatic heterocycles. The Morgan fingerprint density at radius 2 is 1.62 bits per heavy atom. The topological polar surface area (TPSA) is 105 Å². The number of benzene rings is 3. The van der Waals surface area contributed by atoms with Crippen LogP contribution in [0.4, 0.5) is 11.4 Å². The molecule has 8 heteroatoms. The molecule has 3 aromatic carbocycles. The number of carbonyl (C=O) groups excluding carboxylic acids is 3. The molecule has 0 radical (unpaired) electrons. The van der Waals surface area contributed by atoms with Gasteiger partial charge < -0.3 is 24.8 Å². The highest BCUT2D eigenvalue weighted by atomic mass is 16.5.